The molecule has 0 aromatic heterocycles. The van der Waals surface area contributed by atoms with Gasteiger partial charge in [0.25, 0.3) is 0 Å². The molecule has 3 N–H and O–H groups in total. The minimum atomic E-state index is -0.530. The van der Waals surface area contributed by atoms with E-state index in [4.69, 9.17) is 10.5 Å². The number of benzene rings is 1. The predicted octanol–water partition coefficient (Wildman–Crippen LogP) is 1.63. The third-order valence-corrected chi connectivity index (χ3v) is 3.35. The summed E-state index contributed by atoms with van der Waals surface area (Å²) < 4.78 is 5.64. The van der Waals surface area contributed by atoms with Crippen molar-refractivity contribution in [1.29, 1.82) is 0 Å². The number of carbonyl (C=O) groups is 1. The normalized spacial score (nSPS) is 16.0. The molecule has 2 rings (SSSR count). The molecule has 0 radical (unpaired) electrons. The van der Waals surface area contributed by atoms with Gasteiger partial charge in [-0.3, -0.25) is 0 Å². The van der Waals surface area contributed by atoms with E-state index in [1.54, 1.807) is 4.90 Å². The van der Waals surface area contributed by atoms with Gasteiger partial charge in [-0.05, 0) is 31.5 Å². The minimum Gasteiger partial charge on any atom is -0.443 e. The minimum absolute atomic E-state index is 0.230. The summed E-state index contributed by atoms with van der Waals surface area (Å²) in [6.07, 6.45) is 0.442. The van der Waals surface area contributed by atoms with Crippen LogP contribution >= 0.6 is 0 Å². The van der Waals surface area contributed by atoms with Crippen LogP contribution in [0.25, 0.3) is 0 Å². The van der Waals surface area contributed by atoms with E-state index in [1.807, 2.05) is 38.1 Å². The lowest BCUT2D eigenvalue weighted by Gasteiger charge is -2.32. The van der Waals surface area contributed by atoms with Crippen LogP contribution in [0.2, 0.25) is 0 Å². The van der Waals surface area contributed by atoms with Gasteiger partial charge in [0.05, 0.1) is 0 Å². The molecular weight excluding hydrogens is 254 g/mol. The van der Waals surface area contributed by atoms with Gasteiger partial charge >= 0.3 is 6.09 Å². The SMILES string of the molecule is CC(C)(Cc1ccc(N)cc1)OC(=O)N1CCNCC1. The first-order chi connectivity index (χ1) is 9.46. The second kappa shape index (κ2) is 6.13. The number of nitrogens with two attached hydrogens (primary N) is 1. The fraction of sp³-hybridized carbons (Fsp3) is 0.533. The highest BCUT2D eigenvalue weighted by molar-refractivity contribution is 5.68. The Morgan fingerprint density at radius 1 is 1.30 bits per heavy atom. The summed E-state index contributed by atoms with van der Waals surface area (Å²) in [6, 6.07) is 7.67. The van der Waals surface area contributed by atoms with Crippen LogP contribution in [0.1, 0.15) is 19.4 Å². The van der Waals surface area contributed by atoms with Gasteiger partial charge in [-0.15, -0.1) is 0 Å². The van der Waals surface area contributed by atoms with Crippen molar-refractivity contribution >= 4 is 11.8 Å². The molecule has 1 aliphatic heterocycles. The molecule has 1 aromatic carbocycles. The Balaban J connectivity index is 1.92. The van der Waals surface area contributed by atoms with Gasteiger partial charge in [-0.1, -0.05) is 12.1 Å². The third kappa shape index (κ3) is 4.13. The predicted molar refractivity (Wildman–Crippen MR) is 79.6 cm³/mol. The molecule has 1 saturated heterocycles. The second-order valence-corrected chi connectivity index (χ2v) is 5.78. The van der Waals surface area contributed by atoms with Crippen molar-refractivity contribution in [2.75, 3.05) is 31.9 Å². The van der Waals surface area contributed by atoms with Crippen molar-refractivity contribution in [3.8, 4) is 0 Å². The number of nitrogen functional groups attached to an aromatic ring is 1. The summed E-state index contributed by atoms with van der Waals surface area (Å²) >= 11 is 0. The van der Waals surface area contributed by atoms with E-state index in [0.29, 0.717) is 19.5 Å². The highest BCUT2D eigenvalue weighted by Crippen LogP contribution is 2.19. The van der Waals surface area contributed by atoms with E-state index < -0.39 is 5.60 Å². The zero-order valence-corrected chi connectivity index (χ0v) is 12.2. The molecule has 1 fully saturated rings. The van der Waals surface area contributed by atoms with Gasteiger partial charge in [0, 0.05) is 38.3 Å². The fourth-order valence-corrected chi connectivity index (χ4v) is 2.31. The number of nitrogens with zero attached hydrogens (tertiary/aromatic N) is 1. The van der Waals surface area contributed by atoms with E-state index >= 15 is 0 Å². The Labute approximate surface area is 120 Å². The maximum Gasteiger partial charge on any atom is 0.410 e. The zero-order valence-electron chi connectivity index (χ0n) is 12.2. The van der Waals surface area contributed by atoms with Gasteiger partial charge < -0.3 is 20.7 Å². The van der Waals surface area contributed by atoms with E-state index in [9.17, 15) is 4.79 Å². The summed E-state index contributed by atoms with van der Waals surface area (Å²) in [5, 5.41) is 3.22. The molecule has 0 bridgehead atoms. The number of hydrogen-bond donors (Lipinski definition) is 2. The van der Waals surface area contributed by atoms with Gasteiger partial charge in [0.1, 0.15) is 5.60 Å². The second-order valence-electron chi connectivity index (χ2n) is 5.78. The summed E-state index contributed by atoms with van der Waals surface area (Å²) in [5.41, 5.74) is 6.99. The van der Waals surface area contributed by atoms with Crippen LogP contribution in [0.5, 0.6) is 0 Å². The van der Waals surface area contributed by atoms with Crippen LogP contribution in [-0.2, 0) is 11.2 Å². The van der Waals surface area contributed by atoms with Crippen molar-refractivity contribution in [2.45, 2.75) is 25.9 Å². The Morgan fingerprint density at radius 2 is 1.90 bits per heavy atom. The van der Waals surface area contributed by atoms with Crippen molar-refractivity contribution < 1.29 is 9.53 Å². The van der Waals surface area contributed by atoms with Crippen molar-refractivity contribution in [1.82, 2.24) is 10.2 Å². The molecule has 0 saturated carbocycles. The molecule has 0 spiro atoms. The number of nitrogens with one attached hydrogen (secondary N) is 1. The first-order valence-corrected chi connectivity index (χ1v) is 6.99. The van der Waals surface area contributed by atoms with E-state index in [-0.39, 0.29) is 6.09 Å². The number of carbonyl (C=O) groups excluding carboxylic acids is 1. The molecule has 0 aliphatic carbocycles. The molecule has 1 amide bonds. The van der Waals surface area contributed by atoms with Crippen LogP contribution in [0.3, 0.4) is 0 Å². The molecule has 1 heterocycles. The Kier molecular flexibility index (Phi) is 4.49. The average molecular weight is 277 g/mol. The number of anilines is 1. The molecule has 0 atom stereocenters. The van der Waals surface area contributed by atoms with Crippen LogP contribution in [0, 0.1) is 0 Å². The summed E-state index contributed by atoms with van der Waals surface area (Å²) in [7, 11) is 0. The van der Waals surface area contributed by atoms with Gasteiger partial charge in [0.15, 0.2) is 0 Å². The van der Waals surface area contributed by atoms with Crippen LogP contribution in [0.4, 0.5) is 10.5 Å². The first kappa shape index (κ1) is 14.7. The zero-order chi connectivity index (χ0) is 14.6. The van der Waals surface area contributed by atoms with Crippen molar-refractivity contribution in [3.05, 3.63) is 29.8 Å². The van der Waals surface area contributed by atoms with E-state index in [0.717, 1.165) is 24.3 Å². The molecule has 110 valence electrons. The molecule has 1 aromatic rings. The molecule has 0 unspecified atom stereocenters. The molecule has 1 aliphatic rings. The Morgan fingerprint density at radius 3 is 2.50 bits per heavy atom. The monoisotopic (exact) mass is 277 g/mol. The number of rotatable bonds is 3. The Hall–Kier alpha value is -1.75. The van der Waals surface area contributed by atoms with Crippen LogP contribution in [0.15, 0.2) is 24.3 Å². The number of amides is 1. The fourth-order valence-electron chi connectivity index (χ4n) is 2.31. The highest BCUT2D eigenvalue weighted by atomic mass is 16.6. The van der Waals surface area contributed by atoms with E-state index in [1.165, 1.54) is 0 Å². The third-order valence-electron chi connectivity index (χ3n) is 3.35. The van der Waals surface area contributed by atoms with E-state index in [2.05, 4.69) is 5.32 Å². The Bertz CT molecular complexity index is 451. The smallest absolute Gasteiger partial charge is 0.410 e. The van der Waals surface area contributed by atoms with Gasteiger partial charge in [-0.2, -0.15) is 0 Å². The first-order valence-electron chi connectivity index (χ1n) is 6.99. The molecular formula is C15H23N3O2. The molecule has 5 nitrogen and oxygen atoms in total. The quantitative estimate of drug-likeness (QED) is 0.824. The molecule has 20 heavy (non-hydrogen) atoms. The molecule has 5 heteroatoms. The lowest BCUT2D eigenvalue weighted by Crippen LogP contribution is -2.48. The summed E-state index contributed by atoms with van der Waals surface area (Å²) in [4.78, 5) is 13.9. The lowest BCUT2D eigenvalue weighted by molar-refractivity contribution is 0.0120. The topological polar surface area (TPSA) is 67.6 Å². The van der Waals surface area contributed by atoms with Crippen LogP contribution in [-0.4, -0.2) is 42.8 Å². The standard InChI is InChI=1S/C15H23N3O2/c1-15(2,11-12-3-5-13(16)6-4-12)20-14(19)18-9-7-17-8-10-18/h3-6,17H,7-11,16H2,1-2H3. The van der Waals surface area contributed by atoms with Crippen LogP contribution < -0.4 is 11.1 Å². The maximum absolute atomic E-state index is 12.1. The van der Waals surface area contributed by atoms with Crippen molar-refractivity contribution in [2.24, 2.45) is 0 Å². The summed E-state index contributed by atoms with van der Waals surface area (Å²) in [5.74, 6) is 0. The maximum atomic E-state index is 12.1. The van der Waals surface area contributed by atoms with Gasteiger partial charge in [-0.25, -0.2) is 4.79 Å². The lowest BCUT2D eigenvalue weighted by atomic mass is 9.98. The number of ether oxygens (including phenoxy) is 1. The average Bonchev–Trinajstić information content (AvgIpc) is 2.41. The highest BCUT2D eigenvalue weighted by Gasteiger charge is 2.27. The van der Waals surface area contributed by atoms with Crippen molar-refractivity contribution in [3.63, 3.8) is 0 Å². The summed E-state index contributed by atoms with van der Waals surface area (Å²) in [6.45, 7) is 6.93. The number of piperazine rings is 1. The van der Waals surface area contributed by atoms with Gasteiger partial charge in [0.2, 0.25) is 0 Å². The number of hydrogen-bond acceptors (Lipinski definition) is 4. The largest absolute Gasteiger partial charge is 0.443 e.